The van der Waals surface area contributed by atoms with Crippen molar-refractivity contribution in [1.29, 1.82) is 5.26 Å². The van der Waals surface area contributed by atoms with E-state index in [0.717, 1.165) is 30.4 Å². The second-order valence-electron chi connectivity index (χ2n) is 9.94. The molecule has 3 saturated heterocycles. The van der Waals surface area contributed by atoms with E-state index in [9.17, 15) is 14.9 Å². The lowest BCUT2D eigenvalue weighted by Gasteiger charge is -2.38. The van der Waals surface area contributed by atoms with Crippen molar-refractivity contribution in [3.63, 3.8) is 0 Å². The summed E-state index contributed by atoms with van der Waals surface area (Å²) in [6.07, 6.45) is 2.47. The zero-order valence-corrected chi connectivity index (χ0v) is 18.9. The van der Waals surface area contributed by atoms with E-state index >= 15 is 0 Å². The van der Waals surface area contributed by atoms with E-state index in [2.05, 4.69) is 31.6 Å². The fourth-order valence-electron chi connectivity index (χ4n) is 6.19. The van der Waals surface area contributed by atoms with Crippen LogP contribution in [0.4, 0.5) is 0 Å². The Kier molecular flexibility index (Phi) is 4.89. The predicted molar refractivity (Wildman–Crippen MR) is 119 cm³/mol. The highest BCUT2D eigenvalue weighted by molar-refractivity contribution is 5.87. The first-order chi connectivity index (χ1) is 16.5. The molecule has 3 aliphatic heterocycles. The lowest BCUT2D eigenvalue weighted by molar-refractivity contribution is -0.141. The van der Waals surface area contributed by atoms with E-state index in [1.54, 1.807) is 4.90 Å². The number of fused-ring (bicyclic) bond motifs is 3. The summed E-state index contributed by atoms with van der Waals surface area (Å²) in [5.74, 6) is 0.892. The van der Waals surface area contributed by atoms with Gasteiger partial charge in [0.2, 0.25) is 17.6 Å². The third-order valence-corrected chi connectivity index (χ3v) is 7.96. The Labute approximate surface area is 196 Å². The number of piperidine rings is 1. The van der Waals surface area contributed by atoms with Crippen LogP contribution in [0.15, 0.2) is 24.3 Å². The van der Waals surface area contributed by atoms with E-state index in [1.807, 2.05) is 36.1 Å². The molecular formula is C23H27N9O2. The topological polar surface area (TPSA) is 148 Å². The average molecular weight is 462 g/mol. The molecule has 3 N–H and O–H groups in total. The molecular weight excluding hydrogens is 434 g/mol. The molecule has 0 radical (unpaired) electrons. The number of nitrogens with one attached hydrogen (secondary N) is 1. The van der Waals surface area contributed by atoms with Crippen LogP contribution >= 0.6 is 0 Å². The van der Waals surface area contributed by atoms with Gasteiger partial charge in [-0.3, -0.25) is 14.5 Å². The Morgan fingerprint density at radius 2 is 2.21 bits per heavy atom. The number of aromatic nitrogens is 4. The summed E-state index contributed by atoms with van der Waals surface area (Å²) in [5, 5.41) is 23.6. The molecule has 1 unspecified atom stereocenters. The van der Waals surface area contributed by atoms with Crippen molar-refractivity contribution in [1.82, 2.24) is 35.3 Å². The maximum atomic E-state index is 13.3. The standard InChI is InChI=1S/C23H27N9O2/c1-12(13-3-2-4-14(5-13)21-26-28-29-27-21)31-17-8-20(23(31)34)30(10-17)11-18(25)22(33)32-16(9-24)6-15-7-19(15)32/h2-5,12,15-20H,6-8,10-11,25H2,1H3,(H,26,27,28,29)/t12-,15-,16+,17-,18+,19?,20-/m1/s1. The van der Waals surface area contributed by atoms with Gasteiger partial charge in [0.05, 0.1) is 24.2 Å². The number of likely N-dealkylation sites (tertiary alicyclic amines) is 3. The smallest absolute Gasteiger partial charge is 0.242 e. The first-order valence-corrected chi connectivity index (χ1v) is 11.8. The molecule has 11 nitrogen and oxygen atoms in total. The number of hydrogen-bond acceptors (Lipinski definition) is 8. The number of aromatic amines is 1. The quantitative estimate of drug-likeness (QED) is 0.613. The van der Waals surface area contributed by atoms with Gasteiger partial charge in [0.25, 0.3) is 0 Å². The number of piperazine rings is 1. The Bertz CT molecular complexity index is 1160. The van der Waals surface area contributed by atoms with Gasteiger partial charge in [0, 0.05) is 30.7 Å². The van der Waals surface area contributed by atoms with E-state index < -0.39 is 6.04 Å². The molecule has 0 spiro atoms. The summed E-state index contributed by atoms with van der Waals surface area (Å²) in [5.41, 5.74) is 8.17. The molecule has 1 saturated carbocycles. The molecule has 2 amide bonds. The Morgan fingerprint density at radius 3 is 2.94 bits per heavy atom. The molecule has 11 heteroatoms. The zero-order chi connectivity index (χ0) is 23.6. The van der Waals surface area contributed by atoms with Gasteiger partial charge in [-0.2, -0.15) is 10.5 Å². The fourth-order valence-corrected chi connectivity index (χ4v) is 6.19. The molecule has 1 aromatic heterocycles. The number of hydrogen-bond donors (Lipinski definition) is 2. The van der Waals surface area contributed by atoms with Crippen molar-refractivity contribution in [2.45, 2.75) is 62.4 Å². The second kappa shape index (κ2) is 7.85. The molecule has 7 atom stereocenters. The van der Waals surface area contributed by atoms with E-state index in [0.29, 0.717) is 24.8 Å². The first-order valence-electron chi connectivity index (χ1n) is 11.8. The molecule has 1 aliphatic carbocycles. The van der Waals surface area contributed by atoms with Gasteiger partial charge < -0.3 is 15.5 Å². The SMILES string of the molecule is C[C@H](c1cccc(-c2nn[nH]n2)c1)N1C(=O)[C@H]2C[C@@H]1CN2C[C@H](N)C(=O)N1C2C[C@H]2C[C@H]1C#N. The number of carbonyl (C=O) groups is 2. The normalized spacial score (nSPS) is 31.4. The van der Waals surface area contributed by atoms with Crippen LogP contribution in [-0.2, 0) is 9.59 Å². The summed E-state index contributed by atoms with van der Waals surface area (Å²) in [4.78, 5) is 32.1. The van der Waals surface area contributed by atoms with Crippen LogP contribution in [0.25, 0.3) is 11.4 Å². The van der Waals surface area contributed by atoms with Crippen LogP contribution in [0.2, 0.25) is 0 Å². The second-order valence-corrected chi connectivity index (χ2v) is 9.94. The molecule has 176 valence electrons. The van der Waals surface area contributed by atoms with Crippen molar-refractivity contribution in [3.8, 4) is 17.5 Å². The van der Waals surface area contributed by atoms with Crippen molar-refractivity contribution in [3.05, 3.63) is 29.8 Å². The largest absolute Gasteiger partial charge is 0.330 e. The number of nitriles is 1. The Hall–Kier alpha value is -3.36. The van der Waals surface area contributed by atoms with E-state index in [-0.39, 0.29) is 42.0 Å². The van der Waals surface area contributed by atoms with E-state index in [1.165, 1.54) is 0 Å². The monoisotopic (exact) mass is 461 g/mol. The van der Waals surface area contributed by atoms with Crippen LogP contribution in [0.3, 0.4) is 0 Å². The summed E-state index contributed by atoms with van der Waals surface area (Å²) >= 11 is 0. The number of amides is 2. The molecule has 34 heavy (non-hydrogen) atoms. The van der Waals surface area contributed by atoms with Crippen molar-refractivity contribution in [2.24, 2.45) is 11.7 Å². The Balaban J connectivity index is 1.12. The summed E-state index contributed by atoms with van der Waals surface area (Å²) < 4.78 is 0. The average Bonchev–Trinajstić information content (AvgIpc) is 3.28. The molecule has 2 aromatic rings. The summed E-state index contributed by atoms with van der Waals surface area (Å²) in [7, 11) is 0. The lowest BCUT2D eigenvalue weighted by atomic mass is 10.0. The van der Waals surface area contributed by atoms with Crippen LogP contribution < -0.4 is 5.73 Å². The van der Waals surface area contributed by atoms with Crippen molar-refractivity contribution < 1.29 is 9.59 Å². The number of nitrogens with zero attached hydrogens (tertiary/aromatic N) is 7. The van der Waals surface area contributed by atoms with Gasteiger partial charge >= 0.3 is 0 Å². The van der Waals surface area contributed by atoms with Gasteiger partial charge in [-0.1, -0.05) is 18.2 Å². The van der Waals surface area contributed by atoms with Crippen LogP contribution in [0, 0.1) is 17.2 Å². The van der Waals surface area contributed by atoms with Crippen LogP contribution in [0.1, 0.15) is 37.8 Å². The number of benzene rings is 1. The van der Waals surface area contributed by atoms with E-state index in [4.69, 9.17) is 5.73 Å². The zero-order valence-electron chi connectivity index (χ0n) is 18.9. The highest BCUT2D eigenvalue weighted by Gasteiger charge is 2.56. The highest BCUT2D eigenvalue weighted by atomic mass is 16.2. The number of nitrogens with two attached hydrogens (primary N) is 1. The fraction of sp³-hybridized carbons (Fsp3) is 0.565. The summed E-state index contributed by atoms with van der Waals surface area (Å²) in [6.45, 7) is 3.07. The number of carbonyl (C=O) groups excluding carboxylic acids is 2. The Morgan fingerprint density at radius 1 is 1.35 bits per heavy atom. The molecule has 1 aromatic carbocycles. The molecule has 4 aliphatic rings. The number of rotatable bonds is 6. The predicted octanol–water partition coefficient (Wildman–Crippen LogP) is 0.0531. The molecule has 2 bridgehead atoms. The third kappa shape index (κ3) is 3.28. The third-order valence-electron chi connectivity index (χ3n) is 7.96. The number of tetrazole rings is 1. The molecule has 4 heterocycles. The van der Waals surface area contributed by atoms with Crippen LogP contribution in [-0.4, -0.2) is 90.4 Å². The minimum absolute atomic E-state index is 0.0756. The first kappa shape index (κ1) is 21.2. The minimum Gasteiger partial charge on any atom is -0.330 e. The van der Waals surface area contributed by atoms with Gasteiger partial charge in [-0.15, -0.1) is 10.2 Å². The number of H-pyrrole nitrogens is 1. The lowest BCUT2D eigenvalue weighted by Crippen LogP contribution is -2.57. The van der Waals surface area contributed by atoms with Crippen LogP contribution in [0.5, 0.6) is 0 Å². The maximum Gasteiger partial charge on any atom is 0.242 e. The van der Waals surface area contributed by atoms with Gasteiger partial charge in [0.1, 0.15) is 6.04 Å². The van der Waals surface area contributed by atoms with Crippen molar-refractivity contribution in [2.75, 3.05) is 13.1 Å². The molecule has 6 rings (SSSR count). The minimum atomic E-state index is -0.722. The highest BCUT2D eigenvalue weighted by Crippen LogP contribution is 2.48. The maximum absolute atomic E-state index is 13.3. The van der Waals surface area contributed by atoms with Gasteiger partial charge in [0.15, 0.2) is 0 Å². The molecule has 4 fully saturated rings. The van der Waals surface area contributed by atoms with Gasteiger partial charge in [-0.05, 0) is 48.9 Å². The van der Waals surface area contributed by atoms with Gasteiger partial charge in [-0.25, -0.2) is 0 Å². The summed E-state index contributed by atoms with van der Waals surface area (Å²) in [6, 6.07) is 8.92. The van der Waals surface area contributed by atoms with Crippen molar-refractivity contribution >= 4 is 11.8 Å².